The van der Waals surface area contributed by atoms with Crippen molar-refractivity contribution in [2.45, 2.75) is 26.4 Å². The second-order valence-electron chi connectivity index (χ2n) is 6.84. The number of para-hydroxylation sites is 1. The quantitative estimate of drug-likeness (QED) is 0.625. The van der Waals surface area contributed by atoms with Gasteiger partial charge in [-0.15, -0.1) is 0 Å². The molecule has 1 aliphatic heterocycles. The number of carbonyl (C=O) groups is 1. The Kier molecular flexibility index (Phi) is 4.29. The summed E-state index contributed by atoms with van der Waals surface area (Å²) in [5, 5.41) is 0. The Bertz CT molecular complexity index is 1200. The number of aryl methyl sites for hydroxylation is 3. The normalized spacial score (nSPS) is 13.6. The number of methoxy groups -OCH3 is 1. The molecule has 0 saturated heterocycles. The van der Waals surface area contributed by atoms with E-state index >= 15 is 0 Å². The molecule has 3 heterocycles. The lowest BCUT2D eigenvalue weighted by Gasteiger charge is -2.30. The van der Waals surface area contributed by atoms with Crippen molar-refractivity contribution >= 4 is 28.8 Å². The van der Waals surface area contributed by atoms with Gasteiger partial charge in [-0.3, -0.25) is 14.2 Å². The van der Waals surface area contributed by atoms with Crippen molar-refractivity contribution < 1.29 is 9.53 Å². The van der Waals surface area contributed by atoms with Crippen molar-refractivity contribution in [3.63, 3.8) is 0 Å². The third-order valence-corrected chi connectivity index (χ3v) is 5.14. The first-order chi connectivity index (χ1) is 13.4. The van der Waals surface area contributed by atoms with E-state index in [2.05, 4.69) is 14.6 Å². The van der Waals surface area contributed by atoms with Crippen LogP contribution >= 0.6 is 0 Å². The summed E-state index contributed by atoms with van der Waals surface area (Å²) >= 11 is 0. The standard InChI is InChI=1S/C19H21N5O4/c1-12-7-4-5-8-13(12)22-9-6-10-23-15-16(20-18(22)23)21(2)19(27)24(17(15)26)11-14(25)28-3/h4-5,7-8H,6,9-11H2,1-3H3. The van der Waals surface area contributed by atoms with Crippen LogP contribution in [0.25, 0.3) is 11.2 Å². The molecule has 1 aromatic carbocycles. The first kappa shape index (κ1) is 18.0. The van der Waals surface area contributed by atoms with E-state index in [0.29, 0.717) is 23.7 Å². The molecule has 1 aliphatic rings. The number of rotatable bonds is 3. The third kappa shape index (κ3) is 2.62. The maximum absolute atomic E-state index is 13.1. The summed E-state index contributed by atoms with van der Waals surface area (Å²) in [6.07, 6.45) is 0.825. The minimum absolute atomic E-state index is 0.312. The SMILES string of the molecule is COC(=O)Cn1c(=O)c2c(nc3n2CCCN3c2ccccc2C)n(C)c1=O. The molecule has 0 atom stereocenters. The molecular formula is C19H21N5O4. The number of fused-ring (bicyclic) bond motifs is 3. The first-order valence-corrected chi connectivity index (χ1v) is 9.04. The van der Waals surface area contributed by atoms with Crippen LogP contribution in [0.1, 0.15) is 12.0 Å². The third-order valence-electron chi connectivity index (χ3n) is 5.14. The number of aromatic nitrogens is 4. The van der Waals surface area contributed by atoms with Crippen molar-refractivity contribution in [3.8, 4) is 0 Å². The molecule has 146 valence electrons. The van der Waals surface area contributed by atoms with Gasteiger partial charge in [0.2, 0.25) is 5.95 Å². The highest BCUT2D eigenvalue weighted by Gasteiger charge is 2.27. The minimum Gasteiger partial charge on any atom is -0.468 e. The minimum atomic E-state index is -0.654. The Balaban J connectivity index is 1.98. The van der Waals surface area contributed by atoms with Crippen molar-refractivity contribution in [1.29, 1.82) is 0 Å². The van der Waals surface area contributed by atoms with Gasteiger partial charge in [0.25, 0.3) is 5.56 Å². The average molecular weight is 383 g/mol. The summed E-state index contributed by atoms with van der Waals surface area (Å²) in [4.78, 5) is 44.1. The Labute approximate surface area is 160 Å². The van der Waals surface area contributed by atoms with Crippen LogP contribution in [-0.4, -0.2) is 38.3 Å². The maximum atomic E-state index is 13.1. The fourth-order valence-electron chi connectivity index (χ4n) is 3.69. The van der Waals surface area contributed by atoms with Crippen molar-refractivity contribution in [3.05, 3.63) is 50.7 Å². The predicted octanol–water partition coefficient (Wildman–Crippen LogP) is 0.920. The van der Waals surface area contributed by atoms with E-state index in [1.807, 2.05) is 35.8 Å². The van der Waals surface area contributed by atoms with E-state index in [4.69, 9.17) is 0 Å². The number of carbonyl (C=O) groups excluding carboxylic acids is 1. The molecule has 0 spiro atoms. The van der Waals surface area contributed by atoms with Crippen LogP contribution in [0.3, 0.4) is 0 Å². The molecule has 2 aromatic heterocycles. The van der Waals surface area contributed by atoms with Gasteiger partial charge in [0, 0.05) is 25.8 Å². The van der Waals surface area contributed by atoms with Gasteiger partial charge < -0.3 is 14.2 Å². The van der Waals surface area contributed by atoms with Gasteiger partial charge in [0.1, 0.15) is 6.54 Å². The lowest BCUT2D eigenvalue weighted by molar-refractivity contribution is -0.141. The number of hydrogen-bond acceptors (Lipinski definition) is 6. The van der Waals surface area contributed by atoms with Crippen LogP contribution in [0, 0.1) is 6.92 Å². The van der Waals surface area contributed by atoms with Gasteiger partial charge in [-0.1, -0.05) is 18.2 Å². The zero-order chi connectivity index (χ0) is 20.0. The van der Waals surface area contributed by atoms with Crippen LogP contribution in [-0.2, 0) is 29.7 Å². The summed E-state index contributed by atoms with van der Waals surface area (Å²) in [5.41, 5.74) is 1.61. The summed E-state index contributed by atoms with van der Waals surface area (Å²) in [5.74, 6) is -0.0306. The molecule has 0 radical (unpaired) electrons. The highest BCUT2D eigenvalue weighted by molar-refractivity contribution is 5.78. The van der Waals surface area contributed by atoms with E-state index in [1.165, 1.54) is 11.7 Å². The number of benzene rings is 1. The van der Waals surface area contributed by atoms with Gasteiger partial charge in [0.05, 0.1) is 7.11 Å². The van der Waals surface area contributed by atoms with E-state index in [9.17, 15) is 14.4 Å². The molecule has 0 amide bonds. The van der Waals surface area contributed by atoms with E-state index in [1.54, 1.807) is 7.05 Å². The van der Waals surface area contributed by atoms with Crippen LogP contribution in [0.2, 0.25) is 0 Å². The summed E-state index contributed by atoms with van der Waals surface area (Å²) < 4.78 is 8.66. The Hall–Kier alpha value is -3.36. The molecule has 0 aliphatic carbocycles. The number of esters is 1. The molecule has 0 saturated carbocycles. The molecule has 3 aromatic rings. The molecule has 4 rings (SSSR count). The average Bonchev–Trinajstić information content (AvgIpc) is 3.10. The predicted molar refractivity (Wildman–Crippen MR) is 104 cm³/mol. The van der Waals surface area contributed by atoms with E-state index < -0.39 is 23.8 Å². The van der Waals surface area contributed by atoms with Crippen molar-refractivity contribution in [2.24, 2.45) is 7.05 Å². The topological polar surface area (TPSA) is 91.4 Å². The van der Waals surface area contributed by atoms with Gasteiger partial charge >= 0.3 is 11.7 Å². The maximum Gasteiger partial charge on any atom is 0.333 e. The lowest BCUT2D eigenvalue weighted by atomic mass is 10.1. The second-order valence-corrected chi connectivity index (χ2v) is 6.84. The summed E-state index contributed by atoms with van der Waals surface area (Å²) in [6, 6.07) is 7.97. The molecule has 9 heteroatoms. The van der Waals surface area contributed by atoms with Gasteiger partial charge in [-0.05, 0) is 25.0 Å². The van der Waals surface area contributed by atoms with E-state index in [-0.39, 0.29) is 0 Å². The first-order valence-electron chi connectivity index (χ1n) is 9.04. The largest absolute Gasteiger partial charge is 0.468 e. The highest BCUT2D eigenvalue weighted by Crippen LogP contribution is 2.32. The molecule has 9 nitrogen and oxygen atoms in total. The summed E-state index contributed by atoms with van der Waals surface area (Å²) in [6.45, 7) is 2.97. The van der Waals surface area contributed by atoms with Crippen molar-refractivity contribution in [2.75, 3.05) is 18.6 Å². The number of nitrogens with zero attached hydrogens (tertiary/aromatic N) is 5. The van der Waals surface area contributed by atoms with E-state index in [0.717, 1.165) is 28.8 Å². The highest BCUT2D eigenvalue weighted by atomic mass is 16.5. The van der Waals surface area contributed by atoms with Gasteiger partial charge in [0.15, 0.2) is 11.2 Å². The molecule has 0 N–H and O–H groups in total. The molecule has 0 unspecified atom stereocenters. The Morgan fingerprint density at radius 1 is 1.21 bits per heavy atom. The molecule has 0 fully saturated rings. The Morgan fingerprint density at radius 3 is 2.68 bits per heavy atom. The zero-order valence-corrected chi connectivity index (χ0v) is 16.0. The van der Waals surface area contributed by atoms with Crippen LogP contribution in [0.5, 0.6) is 0 Å². The summed E-state index contributed by atoms with van der Waals surface area (Å²) in [7, 11) is 2.77. The fraction of sp³-hybridized carbons (Fsp3) is 0.368. The van der Waals surface area contributed by atoms with Gasteiger partial charge in [-0.25, -0.2) is 9.36 Å². The molecular weight excluding hydrogens is 362 g/mol. The van der Waals surface area contributed by atoms with Crippen molar-refractivity contribution in [1.82, 2.24) is 18.7 Å². The number of hydrogen-bond donors (Lipinski definition) is 0. The lowest BCUT2D eigenvalue weighted by Crippen LogP contribution is -2.41. The Morgan fingerprint density at radius 2 is 1.96 bits per heavy atom. The van der Waals surface area contributed by atoms with Crippen LogP contribution in [0.15, 0.2) is 33.9 Å². The van der Waals surface area contributed by atoms with Crippen LogP contribution < -0.4 is 16.1 Å². The monoisotopic (exact) mass is 383 g/mol. The molecule has 0 bridgehead atoms. The van der Waals surface area contributed by atoms with Gasteiger partial charge in [-0.2, -0.15) is 4.98 Å². The van der Waals surface area contributed by atoms with Crippen LogP contribution in [0.4, 0.5) is 11.6 Å². The fourth-order valence-corrected chi connectivity index (χ4v) is 3.69. The molecule has 28 heavy (non-hydrogen) atoms. The number of ether oxygens (including phenoxy) is 1. The number of anilines is 2. The number of imidazole rings is 1. The second kappa shape index (κ2) is 6.66. The smallest absolute Gasteiger partial charge is 0.333 e. The zero-order valence-electron chi connectivity index (χ0n) is 16.0.